The first kappa shape index (κ1) is 15.4. The molecule has 0 aliphatic carbocycles. The Bertz CT molecular complexity index is 531. The number of carboxylic acid groups (broad SMARTS) is 1. The van der Waals surface area contributed by atoms with Crippen molar-refractivity contribution < 1.29 is 23.5 Å². The topological polar surface area (TPSA) is 60.9 Å². The minimum absolute atomic E-state index is 0.0285. The molecule has 1 amide bonds. The van der Waals surface area contributed by atoms with Crippen LogP contribution < -0.4 is 0 Å². The number of carbonyl (C=O) groups excluding carboxylic acids is 1. The molecule has 0 unspecified atom stereocenters. The van der Waals surface area contributed by atoms with Crippen LogP contribution in [0, 0.1) is 11.6 Å². The second-order valence-electron chi connectivity index (χ2n) is 4.97. The van der Waals surface area contributed by atoms with Gasteiger partial charge in [0, 0.05) is 37.8 Å². The van der Waals surface area contributed by atoms with Crippen LogP contribution in [0.1, 0.15) is 16.8 Å². The fourth-order valence-corrected chi connectivity index (χ4v) is 2.38. The van der Waals surface area contributed by atoms with Crippen LogP contribution in [-0.2, 0) is 4.79 Å². The van der Waals surface area contributed by atoms with Crippen molar-refractivity contribution in [2.75, 3.05) is 32.7 Å². The quantitative estimate of drug-likeness (QED) is 0.911. The van der Waals surface area contributed by atoms with Crippen LogP contribution in [0.4, 0.5) is 8.78 Å². The predicted octanol–water partition coefficient (Wildman–Crippen LogP) is 1.20. The molecule has 0 saturated carbocycles. The van der Waals surface area contributed by atoms with E-state index < -0.39 is 23.5 Å². The molecule has 0 bridgehead atoms. The van der Waals surface area contributed by atoms with Crippen molar-refractivity contribution >= 4 is 11.9 Å². The van der Waals surface area contributed by atoms with E-state index in [4.69, 9.17) is 5.11 Å². The number of carbonyl (C=O) groups is 2. The van der Waals surface area contributed by atoms with E-state index in [2.05, 4.69) is 0 Å². The third kappa shape index (κ3) is 4.22. The van der Waals surface area contributed by atoms with Crippen molar-refractivity contribution in [1.29, 1.82) is 0 Å². The summed E-state index contributed by atoms with van der Waals surface area (Å²) in [7, 11) is 0. The summed E-state index contributed by atoms with van der Waals surface area (Å²) in [6.45, 7) is 1.71. The molecule has 0 atom stereocenters. The van der Waals surface area contributed by atoms with Crippen molar-refractivity contribution in [1.82, 2.24) is 9.80 Å². The molecule has 1 aromatic rings. The van der Waals surface area contributed by atoms with Gasteiger partial charge in [0.1, 0.15) is 11.6 Å². The van der Waals surface area contributed by atoms with Gasteiger partial charge < -0.3 is 10.0 Å². The van der Waals surface area contributed by atoms with Crippen LogP contribution in [0.15, 0.2) is 18.2 Å². The number of carboxylic acids is 1. The third-order valence-corrected chi connectivity index (χ3v) is 3.34. The van der Waals surface area contributed by atoms with Gasteiger partial charge in [-0.3, -0.25) is 14.5 Å². The lowest BCUT2D eigenvalue weighted by Crippen LogP contribution is -2.36. The number of aliphatic carboxylic acids is 1. The second kappa shape index (κ2) is 6.62. The Kier molecular flexibility index (Phi) is 4.85. The van der Waals surface area contributed by atoms with Crippen LogP contribution in [0.3, 0.4) is 0 Å². The SMILES string of the molecule is O=C(O)CN1CCCN(C(=O)c2cc(F)cc(F)c2)CC1. The third-order valence-electron chi connectivity index (χ3n) is 3.34. The van der Waals surface area contributed by atoms with Crippen molar-refractivity contribution in [3.63, 3.8) is 0 Å². The first-order valence-corrected chi connectivity index (χ1v) is 6.65. The van der Waals surface area contributed by atoms with Crippen LogP contribution in [-0.4, -0.2) is 59.5 Å². The van der Waals surface area contributed by atoms with Gasteiger partial charge in [0.2, 0.25) is 0 Å². The van der Waals surface area contributed by atoms with Gasteiger partial charge in [-0.2, -0.15) is 0 Å². The van der Waals surface area contributed by atoms with Crippen molar-refractivity contribution in [3.05, 3.63) is 35.4 Å². The van der Waals surface area contributed by atoms with Crippen molar-refractivity contribution in [2.45, 2.75) is 6.42 Å². The fourth-order valence-electron chi connectivity index (χ4n) is 2.38. The van der Waals surface area contributed by atoms with Gasteiger partial charge in [-0.1, -0.05) is 0 Å². The van der Waals surface area contributed by atoms with Gasteiger partial charge in [-0.15, -0.1) is 0 Å². The molecule has 5 nitrogen and oxygen atoms in total. The summed E-state index contributed by atoms with van der Waals surface area (Å²) in [4.78, 5) is 26.2. The van der Waals surface area contributed by atoms with E-state index in [1.165, 1.54) is 4.90 Å². The molecule has 1 aliphatic heterocycles. The summed E-state index contributed by atoms with van der Waals surface area (Å²) in [5.41, 5.74) is -0.0285. The Morgan fingerprint density at radius 3 is 2.33 bits per heavy atom. The molecule has 0 radical (unpaired) electrons. The summed E-state index contributed by atoms with van der Waals surface area (Å²) < 4.78 is 26.3. The minimum Gasteiger partial charge on any atom is -0.480 e. The van der Waals surface area contributed by atoms with E-state index in [0.29, 0.717) is 38.7 Å². The molecule has 1 aliphatic rings. The van der Waals surface area contributed by atoms with Gasteiger partial charge in [-0.25, -0.2) is 8.78 Å². The highest BCUT2D eigenvalue weighted by molar-refractivity contribution is 5.94. The Morgan fingerprint density at radius 2 is 1.71 bits per heavy atom. The van der Waals surface area contributed by atoms with Crippen LogP contribution in [0.25, 0.3) is 0 Å². The Labute approximate surface area is 120 Å². The lowest BCUT2D eigenvalue weighted by molar-refractivity contribution is -0.138. The lowest BCUT2D eigenvalue weighted by Gasteiger charge is -2.21. The van der Waals surface area contributed by atoms with E-state index in [0.717, 1.165) is 12.1 Å². The molecule has 1 N–H and O–H groups in total. The fraction of sp³-hybridized carbons (Fsp3) is 0.429. The number of halogens is 2. The zero-order valence-electron chi connectivity index (χ0n) is 11.4. The molecule has 1 fully saturated rings. The summed E-state index contributed by atoms with van der Waals surface area (Å²) in [6, 6.07) is 2.73. The molecule has 0 spiro atoms. The maximum Gasteiger partial charge on any atom is 0.317 e. The number of rotatable bonds is 3. The largest absolute Gasteiger partial charge is 0.480 e. The van der Waals surface area contributed by atoms with Crippen LogP contribution in [0.2, 0.25) is 0 Å². The highest BCUT2D eigenvalue weighted by Crippen LogP contribution is 2.13. The first-order valence-electron chi connectivity index (χ1n) is 6.65. The Hall–Kier alpha value is -2.02. The summed E-state index contributed by atoms with van der Waals surface area (Å²) in [5.74, 6) is -2.94. The normalized spacial score (nSPS) is 16.6. The zero-order chi connectivity index (χ0) is 15.4. The second-order valence-corrected chi connectivity index (χ2v) is 4.97. The van der Waals surface area contributed by atoms with Gasteiger partial charge >= 0.3 is 5.97 Å². The Balaban J connectivity index is 2.04. The number of hydrogen-bond acceptors (Lipinski definition) is 3. The van der Waals surface area contributed by atoms with E-state index in [9.17, 15) is 18.4 Å². The first-order chi connectivity index (χ1) is 9.95. The molecule has 114 valence electrons. The van der Waals surface area contributed by atoms with E-state index in [-0.39, 0.29) is 12.1 Å². The molecular formula is C14H16F2N2O3. The van der Waals surface area contributed by atoms with Crippen LogP contribution >= 0.6 is 0 Å². The zero-order valence-corrected chi connectivity index (χ0v) is 11.4. The summed E-state index contributed by atoms with van der Waals surface area (Å²) in [6.07, 6.45) is 0.622. The molecule has 1 heterocycles. The summed E-state index contributed by atoms with van der Waals surface area (Å²) in [5, 5.41) is 8.77. The average Bonchev–Trinajstić information content (AvgIpc) is 2.61. The van der Waals surface area contributed by atoms with Crippen molar-refractivity contribution in [3.8, 4) is 0 Å². The highest BCUT2D eigenvalue weighted by atomic mass is 19.1. The molecule has 21 heavy (non-hydrogen) atoms. The minimum atomic E-state index is -0.915. The van der Waals surface area contributed by atoms with Crippen molar-refractivity contribution in [2.24, 2.45) is 0 Å². The molecule has 0 aromatic heterocycles. The number of hydrogen-bond donors (Lipinski definition) is 1. The van der Waals surface area contributed by atoms with Gasteiger partial charge in [-0.05, 0) is 18.6 Å². The number of nitrogens with zero attached hydrogens (tertiary/aromatic N) is 2. The molecule has 1 aromatic carbocycles. The smallest absolute Gasteiger partial charge is 0.317 e. The maximum absolute atomic E-state index is 13.2. The van der Waals surface area contributed by atoms with E-state index in [1.54, 1.807) is 4.90 Å². The Morgan fingerprint density at radius 1 is 1.05 bits per heavy atom. The molecule has 1 saturated heterocycles. The lowest BCUT2D eigenvalue weighted by atomic mass is 10.2. The molecular weight excluding hydrogens is 282 g/mol. The number of benzene rings is 1. The summed E-state index contributed by atoms with van der Waals surface area (Å²) >= 11 is 0. The van der Waals surface area contributed by atoms with Crippen LogP contribution in [0.5, 0.6) is 0 Å². The average molecular weight is 298 g/mol. The van der Waals surface area contributed by atoms with E-state index >= 15 is 0 Å². The van der Waals surface area contributed by atoms with Gasteiger partial charge in [0.25, 0.3) is 5.91 Å². The highest BCUT2D eigenvalue weighted by Gasteiger charge is 2.22. The predicted molar refractivity (Wildman–Crippen MR) is 71.0 cm³/mol. The molecule has 2 rings (SSSR count). The van der Waals surface area contributed by atoms with Gasteiger partial charge in [0.05, 0.1) is 6.54 Å². The maximum atomic E-state index is 13.2. The standard InChI is InChI=1S/C14H16F2N2O3/c15-11-6-10(7-12(16)8-11)14(21)18-3-1-2-17(4-5-18)9-13(19)20/h6-8H,1-5,9H2,(H,19,20). The van der Waals surface area contributed by atoms with Gasteiger partial charge in [0.15, 0.2) is 0 Å². The number of amides is 1. The monoisotopic (exact) mass is 298 g/mol. The molecule has 7 heteroatoms. The van der Waals surface area contributed by atoms with E-state index in [1.807, 2.05) is 0 Å².